The van der Waals surface area contributed by atoms with Gasteiger partial charge in [-0.05, 0) is 25.5 Å². The van der Waals surface area contributed by atoms with E-state index in [1.54, 1.807) is 6.20 Å². The van der Waals surface area contributed by atoms with Gasteiger partial charge < -0.3 is 5.32 Å². The van der Waals surface area contributed by atoms with Crippen molar-refractivity contribution in [2.75, 3.05) is 6.54 Å². The van der Waals surface area contributed by atoms with Crippen LogP contribution in [0.4, 0.5) is 0 Å². The Morgan fingerprint density at radius 2 is 1.95 bits per heavy atom. The van der Waals surface area contributed by atoms with Gasteiger partial charge in [0.2, 0.25) is 0 Å². The highest BCUT2D eigenvalue weighted by molar-refractivity contribution is 6.31. The number of nitrogens with one attached hydrogen (secondary N) is 1. The van der Waals surface area contributed by atoms with Crippen LogP contribution in [0.2, 0.25) is 5.02 Å². The van der Waals surface area contributed by atoms with Crippen LogP contribution in [-0.4, -0.2) is 16.3 Å². The maximum Gasteiger partial charge on any atom is 0.0834 e. The molecule has 0 amide bonds. The van der Waals surface area contributed by atoms with E-state index in [1.807, 2.05) is 10.7 Å². The summed E-state index contributed by atoms with van der Waals surface area (Å²) in [5.41, 5.74) is 2.40. The molecule has 1 heterocycles. The SMILES string of the molecule is CCCNC(c1c(Cl)cnn1CC)C(C)c1ccccc1. The molecular weight excluding hydrogens is 282 g/mol. The molecule has 0 radical (unpaired) electrons. The number of hydrogen-bond donors (Lipinski definition) is 1. The molecule has 1 aromatic heterocycles. The van der Waals surface area contributed by atoms with Gasteiger partial charge in [0.1, 0.15) is 0 Å². The number of nitrogens with zero attached hydrogens (tertiary/aromatic N) is 2. The summed E-state index contributed by atoms with van der Waals surface area (Å²) in [5, 5.41) is 8.77. The van der Waals surface area contributed by atoms with Crippen molar-refractivity contribution in [1.82, 2.24) is 15.1 Å². The molecule has 0 saturated heterocycles. The third-order valence-corrected chi connectivity index (χ3v) is 4.16. The molecule has 114 valence electrons. The molecule has 0 bridgehead atoms. The van der Waals surface area contributed by atoms with Crippen LogP contribution in [0.15, 0.2) is 36.5 Å². The zero-order valence-corrected chi connectivity index (χ0v) is 13.8. The molecule has 2 unspecified atom stereocenters. The van der Waals surface area contributed by atoms with E-state index in [0.29, 0.717) is 5.92 Å². The lowest BCUT2D eigenvalue weighted by atomic mass is 9.91. The topological polar surface area (TPSA) is 29.9 Å². The summed E-state index contributed by atoms with van der Waals surface area (Å²) in [6, 6.07) is 10.7. The first-order valence-corrected chi connectivity index (χ1v) is 8.06. The molecule has 0 spiro atoms. The van der Waals surface area contributed by atoms with Crippen molar-refractivity contribution in [3.63, 3.8) is 0 Å². The molecular formula is C17H24ClN3. The molecule has 2 atom stereocenters. The van der Waals surface area contributed by atoms with Crippen LogP contribution in [0.1, 0.15) is 50.4 Å². The molecule has 4 heteroatoms. The summed E-state index contributed by atoms with van der Waals surface area (Å²) in [6.45, 7) is 8.31. The fraction of sp³-hybridized carbons (Fsp3) is 0.471. The minimum absolute atomic E-state index is 0.169. The molecule has 0 aliphatic carbocycles. The zero-order chi connectivity index (χ0) is 15.2. The van der Waals surface area contributed by atoms with Crippen molar-refractivity contribution in [2.45, 2.75) is 45.7 Å². The first-order chi connectivity index (χ1) is 10.2. The van der Waals surface area contributed by atoms with Gasteiger partial charge in [0.25, 0.3) is 0 Å². The highest BCUT2D eigenvalue weighted by Gasteiger charge is 2.25. The number of hydrogen-bond acceptors (Lipinski definition) is 2. The van der Waals surface area contributed by atoms with Crippen molar-refractivity contribution in [3.8, 4) is 0 Å². The lowest BCUT2D eigenvalue weighted by Gasteiger charge is -2.27. The molecule has 2 rings (SSSR count). The molecule has 1 N–H and O–H groups in total. The zero-order valence-electron chi connectivity index (χ0n) is 13.0. The quantitative estimate of drug-likeness (QED) is 0.821. The Morgan fingerprint density at radius 3 is 2.57 bits per heavy atom. The summed E-state index contributed by atoms with van der Waals surface area (Å²) in [7, 11) is 0. The minimum Gasteiger partial charge on any atom is -0.308 e. The largest absolute Gasteiger partial charge is 0.308 e. The molecule has 0 saturated carbocycles. The average molecular weight is 306 g/mol. The van der Waals surface area contributed by atoms with Crippen LogP contribution in [0.25, 0.3) is 0 Å². The van der Waals surface area contributed by atoms with Crippen LogP contribution in [-0.2, 0) is 6.54 Å². The van der Waals surface area contributed by atoms with Crippen LogP contribution in [0.3, 0.4) is 0 Å². The van der Waals surface area contributed by atoms with Crippen LogP contribution in [0, 0.1) is 0 Å². The van der Waals surface area contributed by atoms with Gasteiger partial charge in [0.05, 0.1) is 23.0 Å². The van der Waals surface area contributed by atoms with E-state index in [0.717, 1.165) is 30.2 Å². The summed E-state index contributed by atoms with van der Waals surface area (Å²) < 4.78 is 2.00. The number of aromatic nitrogens is 2. The summed E-state index contributed by atoms with van der Waals surface area (Å²) in [5.74, 6) is 0.331. The fourth-order valence-electron chi connectivity index (χ4n) is 2.69. The van der Waals surface area contributed by atoms with Crippen LogP contribution >= 0.6 is 11.6 Å². The number of aryl methyl sites for hydroxylation is 1. The molecule has 0 fully saturated rings. The third-order valence-electron chi connectivity index (χ3n) is 3.87. The van der Waals surface area contributed by atoms with Gasteiger partial charge in [-0.2, -0.15) is 5.10 Å². The normalized spacial score (nSPS) is 14.1. The van der Waals surface area contributed by atoms with E-state index in [4.69, 9.17) is 11.6 Å². The van der Waals surface area contributed by atoms with E-state index < -0.39 is 0 Å². The molecule has 3 nitrogen and oxygen atoms in total. The van der Waals surface area contributed by atoms with Gasteiger partial charge in [0, 0.05) is 12.5 Å². The van der Waals surface area contributed by atoms with Gasteiger partial charge in [0.15, 0.2) is 0 Å². The van der Waals surface area contributed by atoms with Crippen LogP contribution < -0.4 is 5.32 Å². The van der Waals surface area contributed by atoms with Gasteiger partial charge in [-0.25, -0.2) is 0 Å². The number of halogens is 1. The Labute approximate surface area is 132 Å². The highest BCUT2D eigenvalue weighted by Crippen LogP contribution is 2.34. The highest BCUT2D eigenvalue weighted by atomic mass is 35.5. The summed E-state index contributed by atoms with van der Waals surface area (Å²) in [6.07, 6.45) is 2.84. The Morgan fingerprint density at radius 1 is 1.24 bits per heavy atom. The van der Waals surface area contributed by atoms with E-state index in [9.17, 15) is 0 Å². The monoisotopic (exact) mass is 305 g/mol. The van der Waals surface area contributed by atoms with Gasteiger partial charge in [-0.15, -0.1) is 0 Å². The van der Waals surface area contributed by atoms with Crippen molar-refractivity contribution in [2.24, 2.45) is 0 Å². The Hall–Kier alpha value is -1.32. The van der Waals surface area contributed by atoms with E-state index in [-0.39, 0.29) is 6.04 Å². The standard InChI is InChI=1S/C17H24ClN3/c1-4-11-19-16(13(3)14-9-7-6-8-10-14)17-15(18)12-20-21(17)5-2/h6-10,12-13,16,19H,4-5,11H2,1-3H3. The molecule has 0 aliphatic heterocycles. The molecule has 0 aliphatic rings. The van der Waals surface area contributed by atoms with Crippen molar-refractivity contribution in [3.05, 3.63) is 52.8 Å². The average Bonchev–Trinajstić information content (AvgIpc) is 2.89. The maximum atomic E-state index is 6.41. The lowest BCUT2D eigenvalue weighted by Crippen LogP contribution is -2.29. The number of benzene rings is 1. The second kappa shape index (κ2) is 7.62. The van der Waals surface area contributed by atoms with Crippen LogP contribution in [0.5, 0.6) is 0 Å². The van der Waals surface area contributed by atoms with Crippen molar-refractivity contribution in [1.29, 1.82) is 0 Å². The van der Waals surface area contributed by atoms with E-state index in [2.05, 4.69) is 55.5 Å². The van der Waals surface area contributed by atoms with E-state index >= 15 is 0 Å². The third kappa shape index (κ3) is 3.66. The van der Waals surface area contributed by atoms with Gasteiger partial charge >= 0.3 is 0 Å². The predicted octanol–water partition coefficient (Wildman–Crippen LogP) is 4.40. The fourth-order valence-corrected chi connectivity index (χ4v) is 2.95. The summed E-state index contributed by atoms with van der Waals surface area (Å²) >= 11 is 6.41. The minimum atomic E-state index is 0.169. The second-order valence-electron chi connectivity index (χ2n) is 5.32. The first-order valence-electron chi connectivity index (χ1n) is 7.68. The smallest absolute Gasteiger partial charge is 0.0834 e. The molecule has 21 heavy (non-hydrogen) atoms. The molecule has 1 aromatic carbocycles. The van der Waals surface area contributed by atoms with E-state index in [1.165, 1.54) is 5.56 Å². The molecule has 2 aromatic rings. The first kappa shape index (κ1) is 16.1. The van der Waals surface area contributed by atoms with Crippen molar-refractivity contribution < 1.29 is 0 Å². The summed E-state index contributed by atoms with van der Waals surface area (Å²) in [4.78, 5) is 0. The lowest BCUT2D eigenvalue weighted by molar-refractivity contribution is 0.430. The maximum absolute atomic E-state index is 6.41. The Balaban J connectivity index is 2.36. The van der Waals surface area contributed by atoms with Gasteiger partial charge in [-0.3, -0.25) is 4.68 Å². The van der Waals surface area contributed by atoms with Gasteiger partial charge in [-0.1, -0.05) is 55.8 Å². The number of rotatable bonds is 7. The second-order valence-corrected chi connectivity index (χ2v) is 5.73. The Kier molecular flexibility index (Phi) is 5.83. The predicted molar refractivity (Wildman–Crippen MR) is 88.8 cm³/mol. The van der Waals surface area contributed by atoms with Crippen molar-refractivity contribution >= 4 is 11.6 Å². The Bertz CT molecular complexity index is 550.